The van der Waals surface area contributed by atoms with Crippen LogP contribution in [0.5, 0.6) is 5.75 Å². The van der Waals surface area contributed by atoms with Crippen LogP contribution in [0.1, 0.15) is 56.5 Å². The first-order valence-electron chi connectivity index (χ1n) is 13.6. The van der Waals surface area contributed by atoms with Crippen LogP contribution < -0.4 is 25.6 Å². The first-order chi connectivity index (χ1) is 17.8. The van der Waals surface area contributed by atoms with Gasteiger partial charge in [0.1, 0.15) is 17.2 Å². The predicted octanol–water partition coefficient (Wildman–Crippen LogP) is 3.15. The summed E-state index contributed by atoms with van der Waals surface area (Å²) in [6.45, 7) is 12.5. The van der Waals surface area contributed by atoms with Crippen molar-refractivity contribution in [2.45, 2.75) is 58.6 Å². The van der Waals surface area contributed by atoms with Crippen LogP contribution in [0.3, 0.4) is 0 Å². The van der Waals surface area contributed by atoms with Crippen molar-refractivity contribution in [2.24, 2.45) is 11.8 Å². The largest absolute Gasteiger partial charge is 0.486 e. The Morgan fingerprint density at radius 1 is 1.24 bits per heavy atom. The van der Waals surface area contributed by atoms with Crippen LogP contribution >= 0.6 is 0 Å². The van der Waals surface area contributed by atoms with E-state index in [0.717, 1.165) is 73.7 Å². The van der Waals surface area contributed by atoms with Gasteiger partial charge in [-0.15, -0.1) is 0 Å². The zero-order chi connectivity index (χ0) is 26.2. The molecule has 0 bridgehead atoms. The summed E-state index contributed by atoms with van der Waals surface area (Å²) in [6, 6.07) is 8.15. The number of carbonyl (C=O) groups is 2. The van der Waals surface area contributed by atoms with Crippen molar-refractivity contribution in [1.82, 2.24) is 20.9 Å². The number of ether oxygens (including phenoxy) is 1. The summed E-state index contributed by atoms with van der Waals surface area (Å²) in [6.07, 6.45) is 4.42. The number of aromatic nitrogens is 1. The minimum atomic E-state index is -0.299. The smallest absolute Gasteiger partial charge is 0.251 e. The third kappa shape index (κ3) is 5.30. The molecule has 1 aromatic heterocycles. The van der Waals surface area contributed by atoms with Crippen LogP contribution in [-0.2, 0) is 11.2 Å². The number of piperidine rings is 1. The van der Waals surface area contributed by atoms with Crippen LogP contribution in [0.2, 0.25) is 0 Å². The molecule has 4 unspecified atom stereocenters. The van der Waals surface area contributed by atoms with Gasteiger partial charge in [0.25, 0.3) is 5.91 Å². The maximum atomic E-state index is 13.3. The lowest BCUT2D eigenvalue weighted by molar-refractivity contribution is -0.129. The summed E-state index contributed by atoms with van der Waals surface area (Å²) in [7, 11) is 0. The predicted molar refractivity (Wildman–Crippen MR) is 145 cm³/mol. The second kappa shape index (κ2) is 10.3. The molecule has 2 fully saturated rings. The number of anilines is 1. The highest BCUT2D eigenvalue weighted by atomic mass is 16.5. The Morgan fingerprint density at radius 2 is 2.03 bits per heavy atom. The van der Waals surface area contributed by atoms with E-state index < -0.39 is 0 Å². The molecular formula is C29H39N5O3. The SMILES string of the molecule is CCC1(C)Cc2cc(C(=O)NCC3C(=O)NC(C)CC3C)cc(-c3ccc(N4CCNCC4)nc3)c2O1. The van der Waals surface area contributed by atoms with Crippen molar-refractivity contribution < 1.29 is 14.3 Å². The molecule has 2 aromatic rings. The highest BCUT2D eigenvalue weighted by Crippen LogP contribution is 2.44. The molecule has 3 aliphatic rings. The number of hydrogen-bond acceptors (Lipinski definition) is 6. The van der Waals surface area contributed by atoms with E-state index in [9.17, 15) is 9.59 Å². The fourth-order valence-corrected chi connectivity index (χ4v) is 5.78. The van der Waals surface area contributed by atoms with Gasteiger partial charge in [0, 0.05) is 68.1 Å². The Morgan fingerprint density at radius 3 is 2.70 bits per heavy atom. The lowest BCUT2D eigenvalue weighted by atomic mass is 9.84. The van der Waals surface area contributed by atoms with Crippen molar-refractivity contribution >= 4 is 17.6 Å². The number of benzene rings is 1. The normalized spacial score (nSPS) is 27.3. The van der Waals surface area contributed by atoms with Crippen molar-refractivity contribution in [3.05, 3.63) is 41.6 Å². The van der Waals surface area contributed by atoms with Crippen LogP contribution in [0.4, 0.5) is 5.82 Å². The standard InChI is InChI=1S/C29H39N5O3/c1-5-29(4)15-22-13-21(27(35)32-17-24-18(2)12-19(3)33-28(24)36)14-23(26(22)37-29)20-6-7-25(31-16-20)34-10-8-30-9-11-34/h6-7,13-14,16,18-19,24,30H,5,8-12,15,17H2,1-4H3,(H,32,35)(H,33,36). The molecule has 0 spiro atoms. The average Bonchev–Trinajstić information content (AvgIpc) is 3.25. The molecule has 2 saturated heterocycles. The van der Waals surface area contributed by atoms with E-state index in [1.165, 1.54) is 0 Å². The molecule has 37 heavy (non-hydrogen) atoms. The number of rotatable bonds is 6. The number of amides is 2. The fourth-order valence-electron chi connectivity index (χ4n) is 5.78. The molecule has 0 saturated carbocycles. The number of hydrogen-bond donors (Lipinski definition) is 3. The molecule has 8 heteroatoms. The monoisotopic (exact) mass is 505 g/mol. The zero-order valence-corrected chi connectivity index (χ0v) is 22.4. The second-order valence-corrected chi connectivity index (χ2v) is 11.2. The van der Waals surface area contributed by atoms with E-state index in [4.69, 9.17) is 9.72 Å². The molecule has 4 atom stereocenters. The highest BCUT2D eigenvalue weighted by molar-refractivity contribution is 5.97. The first-order valence-corrected chi connectivity index (χ1v) is 13.6. The number of nitrogens with one attached hydrogen (secondary N) is 3. The van der Waals surface area contributed by atoms with E-state index in [0.29, 0.717) is 12.1 Å². The van der Waals surface area contributed by atoms with Crippen LogP contribution in [0.15, 0.2) is 30.5 Å². The number of fused-ring (bicyclic) bond motifs is 1. The molecule has 3 N–H and O–H groups in total. The zero-order valence-electron chi connectivity index (χ0n) is 22.4. The lowest BCUT2D eigenvalue weighted by Gasteiger charge is -2.32. The Labute approximate surface area is 219 Å². The van der Waals surface area contributed by atoms with Gasteiger partial charge in [-0.25, -0.2) is 4.98 Å². The molecule has 4 heterocycles. The van der Waals surface area contributed by atoms with Gasteiger partial charge in [-0.3, -0.25) is 9.59 Å². The molecule has 0 radical (unpaired) electrons. The third-order valence-corrected chi connectivity index (χ3v) is 8.21. The van der Waals surface area contributed by atoms with Gasteiger partial charge in [-0.2, -0.15) is 0 Å². The summed E-state index contributed by atoms with van der Waals surface area (Å²) < 4.78 is 6.47. The van der Waals surface area contributed by atoms with Crippen LogP contribution in [0.25, 0.3) is 11.1 Å². The number of pyridine rings is 1. The summed E-state index contributed by atoms with van der Waals surface area (Å²) in [5, 5.41) is 9.41. The van der Waals surface area contributed by atoms with Crippen LogP contribution in [-0.4, -0.2) is 61.2 Å². The van der Waals surface area contributed by atoms with Gasteiger partial charge >= 0.3 is 0 Å². The molecular weight excluding hydrogens is 466 g/mol. The lowest BCUT2D eigenvalue weighted by Crippen LogP contribution is -2.50. The maximum absolute atomic E-state index is 13.3. The molecule has 2 amide bonds. The molecule has 8 nitrogen and oxygen atoms in total. The Hall–Kier alpha value is -3.13. The Bertz CT molecular complexity index is 1160. The van der Waals surface area contributed by atoms with Gasteiger partial charge in [0.15, 0.2) is 0 Å². The molecule has 198 valence electrons. The van der Waals surface area contributed by atoms with Gasteiger partial charge in [0.05, 0.1) is 5.92 Å². The molecule has 0 aliphatic carbocycles. The van der Waals surface area contributed by atoms with Gasteiger partial charge < -0.3 is 25.6 Å². The van der Waals surface area contributed by atoms with E-state index in [2.05, 4.69) is 53.8 Å². The Balaban J connectivity index is 1.40. The number of carbonyl (C=O) groups excluding carboxylic acids is 2. The molecule has 5 rings (SSSR count). The number of nitrogens with zero attached hydrogens (tertiary/aromatic N) is 2. The molecule has 3 aliphatic heterocycles. The second-order valence-electron chi connectivity index (χ2n) is 11.2. The van der Waals surface area contributed by atoms with Crippen LogP contribution in [0, 0.1) is 11.8 Å². The van der Waals surface area contributed by atoms with Crippen molar-refractivity contribution in [2.75, 3.05) is 37.6 Å². The third-order valence-electron chi connectivity index (χ3n) is 8.21. The van der Waals surface area contributed by atoms with E-state index in [1.807, 2.05) is 25.3 Å². The van der Waals surface area contributed by atoms with Gasteiger partial charge in [0.2, 0.25) is 5.91 Å². The van der Waals surface area contributed by atoms with Crippen molar-refractivity contribution in [1.29, 1.82) is 0 Å². The fraction of sp³-hybridized carbons (Fsp3) is 0.552. The van der Waals surface area contributed by atoms with Crippen molar-refractivity contribution in [3.63, 3.8) is 0 Å². The topological polar surface area (TPSA) is 95.6 Å². The average molecular weight is 506 g/mol. The van der Waals surface area contributed by atoms with Crippen molar-refractivity contribution in [3.8, 4) is 16.9 Å². The van der Waals surface area contributed by atoms with Gasteiger partial charge in [-0.05, 0) is 62.4 Å². The van der Waals surface area contributed by atoms with Gasteiger partial charge in [-0.1, -0.05) is 13.8 Å². The Kier molecular flexibility index (Phi) is 7.12. The quantitative estimate of drug-likeness (QED) is 0.558. The van der Waals surface area contributed by atoms with E-state index in [-0.39, 0.29) is 35.3 Å². The summed E-state index contributed by atoms with van der Waals surface area (Å²) in [5.74, 6) is 1.65. The minimum Gasteiger partial charge on any atom is -0.486 e. The first kappa shape index (κ1) is 25.5. The van der Waals surface area contributed by atoms with E-state index >= 15 is 0 Å². The van der Waals surface area contributed by atoms with E-state index in [1.54, 1.807) is 0 Å². The molecule has 1 aromatic carbocycles. The maximum Gasteiger partial charge on any atom is 0.251 e. The summed E-state index contributed by atoms with van der Waals surface area (Å²) in [5.41, 5.74) is 3.14. The summed E-state index contributed by atoms with van der Waals surface area (Å²) >= 11 is 0. The number of piperazine rings is 1. The highest BCUT2D eigenvalue weighted by Gasteiger charge is 2.36. The minimum absolute atomic E-state index is 0.0176. The summed E-state index contributed by atoms with van der Waals surface area (Å²) in [4.78, 5) is 32.9.